The van der Waals surface area contributed by atoms with Crippen molar-refractivity contribution in [2.45, 2.75) is 32.1 Å². The Hall–Kier alpha value is -4.77. The van der Waals surface area contributed by atoms with E-state index in [0.29, 0.717) is 48.5 Å². The number of aromatic amines is 1. The highest BCUT2D eigenvalue weighted by atomic mass is 19.4. The van der Waals surface area contributed by atoms with Gasteiger partial charge in [-0.3, -0.25) is 14.5 Å². The number of pyridine rings is 1. The fourth-order valence-corrected chi connectivity index (χ4v) is 5.30. The summed E-state index contributed by atoms with van der Waals surface area (Å²) in [6, 6.07) is 5.13. The van der Waals surface area contributed by atoms with Gasteiger partial charge in [-0.2, -0.15) is 18.4 Å². The van der Waals surface area contributed by atoms with Crippen LogP contribution < -0.4 is 20.7 Å². The SMILES string of the molecule is C[C@@H]1CN(c2cc(F)c(C3=CCN(c4ncc(C#N)cn4)C3)cc2NC(=O)c2c[nH]c(=O)cc2C(F)(F)F)C[C@H](C)N1C. The minimum absolute atomic E-state index is 0.0737. The summed E-state index contributed by atoms with van der Waals surface area (Å²) in [6.45, 7) is 5.55. The van der Waals surface area contributed by atoms with Gasteiger partial charge in [0.2, 0.25) is 11.5 Å². The molecule has 2 aromatic heterocycles. The van der Waals surface area contributed by atoms with Crippen molar-refractivity contribution in [1.29, 1.82) is 5.26 Å². The number of H-pyrrole nitrogens is 1. The number of piperazine rings is 1. The van der Waals surface area contributed by atoms with Crippen molar-refractivity contribution in [3.8, 4) is 6.07 Å². The van der Waals surface area contributed by atoms with Crippen LogP contribution in [0.3, 0.4) is 0 Å². The molecule has 224 valence electrons. The molecule has 0 unspecified atom stereocenters. The number of halogens is 4. The quantitative estimate of drug-likeness (QED) is 0.426. The summed E-state index contributed by atoms with van der Waals surface area (Å²) in [7, 11) is 1.98. The minimum Gasteiger partial charge on any atom is -0.367 e. The first-order valence-electron chi connectivity index (χ1n) is 13.4. The van der Waals surface area contributed by atoms with Crippen molar-refractivity contribution in [2.24, 2.45) is 0 Å². The van der Waals surface area contributed by atoms with E-state index in [0.717, 1.165) is 6.20 Å². The lowest BCUT2D eigenvalue weighted by Gasteiger charge is -2.44. The predicted octanol–water partition coefficient (Wildman–Crippen LogP) is 3.88. The molecule has 14 heteroatoms. The molecule has 4 heterocycles. The number of nitrogens with zero attached hydrogens (tertiary/aromatic N) is 6. The molecule has 10 nitrogen and oxygen atoms in total. The second-order valence-electron chi connectivity index (χ2n) is 10.7. The number of hydrogen-bond donors (Lipinski definition) is 2. The van der Waals surface area contributed by atoms with Gasteiger partial charge >= 0.3 is 6.18 Å². The maximum atomic E-state index is 15.8. The molecule has 3 aromatic rings. The van der Waals surface area contributed by atoms with Crippen molar-refractivity contribution in [2.75, 3.05) is 48.3 Å². The summed E-state index contributed by atoms with van der Waals surface area (Å²) in [5.74, 6) is -1.33. The Bertz CT molecular complexity index is 1670. The molecule has 1 saturated heterocycles. The minimum atomic E-state index is -4.95. The third kappa shape index (κ3) is 6.07. The number of aromatic nitrogens is 3. The van der Waals surface area contributed by atoms with Gasteiger partial charge in [-0.05, 0) is 38.6 Å². The maximum absolute atomic E-state index is 15.8. The van der Waals surface area contributed by atoms with E-state index in [4.69, 9.17) is 5.26 Å². The number of nitrogens with one attached hydrogen (secondary N) is 2. The molecular formula is C29H28F4N8O2. The number of benzene rings is 1. The number of rotatable bonds is 5. The molecule has 0 radical (unpaired) electrons. The van der Waals surface area contributed by atoms with Gasteiger partial charge < -0.3 is 20.1 Å². The highest BCUT2D eigenvalue weighted by Gasteiger charge is 2.36. The number of carbonyl (C=O) groups is 1. The van der Waals surface area contributed by atoms with Gasteiger partial charge in [0.25, 0.3) is 5.91 Å². The number of nitriles is 1. The van der Waals surface area contributed by atoms with E-state index in [1.54, 1.807) is 11.0 Å². The molecule has 5 rings (SSSR count). The molecule has 1 fully saturated rings. The Morgan fingerprint density at radius 3 is 2.42 bits per heavy atom. The highest BCUT2D eigenvalue weighted by molar-refractivity contribution is 6.07. The lowest BCUT2D eigenvalue weighted by atomic mass is 10.0. The van der Waals surface area contributed by atoms with Gasteiger partial charge in [-0.1, -0.05) is 6.08 Å². The summed E-state index contributed by atoms with van der Waals surface area (Å²) in [5.41, 5.74) is -1.69. The Kier molecular flexibility index (Phi) is 7.94. The Morgan fingerprint density at radius 1 is 1.12 bits per heavy atom. The number of anilines is 3. The average molecular weight is 597 g/mol. The molecule has 2 N–H and O–H groups in total. The van der Waals surface area contributed by atoms with E-state index in [1.807, 2.05) is 31.9 Å². The first-order valence-corrected chi connectivity index (χ1v) is 13.4. The van der Waals surface area contributed by atoms with Crippen molar-refractivity contribution in [1.82, 2.24) is 19.9 Å². The van der Waals surface area contributed by atoms with Crippen molar-refractivity contribution < 1.29 is 22.4 Å². The second kappa shape index (κ2) is 11.5. The average Bonchev–Trinajstić information content (AvgIpc) is 3.46. The molecule has 0 spiro atoms. The molecule has 0 aliphatic carbocycles. The molecule has 2 aliphatic rings. The molecule has 1 amide bonds. The summed E-state index contributed by atoms with van der Waals surface area (Å²) in [4.78, 5) is 41.3. The van der Waals surface area contributed by atoms with Crippen molar-refractivity contribution >= 4 is 28.8 Å². The van der Waals surface area contributed by atoms with Crippen LogP contribution in [0.15, 0.2) is 47.7 Å². The fraction of sp³-hybridized carbons (Fsp3) is 0.345. The molecule has 0 saturated carbocycles. The van der Waals surface area contributed by atoms with Gasteiger partial charge in [0.05, 0.1) is 40.5 Å². The predicted molar refractivity (Wildman–Crippen MR) is 152 cm³/mol. The van der Waals surface area contributed by atoms with E-state index in [-0.39, 0.29) is 29.9 Å². The third-order valence-corrected chi connectivity index (χ3v) is 7.82. The van der Waals surface area contributed by atoms with E-state index in [1.165, 1.54) is 24.5 Å². The standard InChI is InChI=1S/C29H28F4N8O2/c1-16-13-41(14-17(2)39(16)3)25-8-23(30)20(19-4-5-40(15-19)28-36-10-18(9-34)11-37-28)6-24(25)38-27(43)21-12-35-26(42)7-22(21)29(31,32)33/h4,6-8,10-12,16-17H,5,13-15H2,1-3H3,(H,35,42)(H,38,43)/t16-,17+. The number of carbonyl (C=O) groups excluding carboxylic acids is 1. The summed E-state index contributed by atoms with van der Waals surface area (Å²) in [6.07, 6.45) is 0.307. The number of alkyl halides is 3. The van der Waals surface area contributed by atoms with Crippen molar-refractivity contribution in [3.05, 3.63) is 81.3 Å². The van der Waals surface area contributed by atoms with Crippen LogP contribution in [0, 0.1) is 17.1 Å². The molecule has 1 aromatic carbocycles. The molecule has 0 bridgehead atoms. The zero-order valence-corrected chi connectivity index (χ0v) is 23.5. The number of hydrogen-bond acceptors (Lipinski definition) is 8. The fourth-order valence-electron chi connectivity index (χ4n) is 5.30. The summed E-state index contributed by atoms with van der Waals surface area (Å²) >= 11 is 0. The molecule has 43 heavy (non-hydrogen) atoms. The molecule has 2 atom stereocenters. The van der Waals surface area contributed by atoms with E-state index >= 15 is 4.39 Å². The third-order valence-electron chi connectivity index (χ3n) is 7.82. The van der Waals surface area contributed by atoms with Gasteiger partial charge in [0.15, 0.2) is 0 Å². The van der Waals surface area contributed by atoms with Crippen LogP contribution in [0.4, 0.5) is 34.9 Å². The van der Waals surface area contributed by atoms with Crippen LogP contribution in [-0.2, 0) is 6.18 Å². The maximum Gasteiger partial charge on any atom is 0.417 e. The van der Waals surface area contributed by atoms with Crippen molar-refractivity contribution in [3.63, 3.8) is 0 Å². The first-order chi connectivity index (χ1) is 20.3. The van der Waals surface area contributed by atoms with Crippen LogP contribution in [-0.4, -0.2) is 71.1 Å². The monoisotopic (exact) mass is 596 g/mol. The van der Waals surface area contributed by atoms with Crippen LogP contribution in [0.2, 0.25) is 0 Å². The van der Waals surface area contributed by atoms with Gasteiger partial charge in [0.1, 0.15) is 11.9 Å². The Morgan fingerprint density at radius 2 is 1.79 bits per heavy atom. The summed E-state index contributed by atoms with van der Waals surface area (Å²) < 4.78 is 57.0. The Balaban J connectivity index is 1.52. The zero-order valence-electron chi connectivity index (χ0n) is 23.5. The first kappa shape index (κ1) is 29.7. The molecule has 2 aliphatic heterocycles. The van der Waals surface area contributed by atoms with Crippen LogP contribution >= 0.6 is 0 Å². The smallest absolute Gasteiger partial charge is 0.367 e. The van der Waals surface area contributed by atoms with E-state index in [9.17, 15) is 22.8 Å². The number of likely N-dealkylation sites (N-methyl/N-ethyl adjacent to an activating group) is 1. The number of amides is 1. The van der Waals surface area contributed by atoms with E-state index < -0.39 is 34.6 Å². The molecular weight excluding hydrogens is 568 g/mol. The summed E-state index contributed by atoms with van der Waals surface area (Å²) in [5, 5.41) is 11.6. The second-order valence-corrected chi connectivity index (χ2v) is 10.7. The van der Waals surface area contributed by atoms with Crippen LogP contribution in [0.5, 0.6) is 0 Å². The topological polar surface area (TPSA) is 121 Å². The normalized spacial score (nSPS) is 19.3. The van der Waals surface area contributed by atoms with Gasteiger partial charge in [0, 0.05) is 56.1 Å². The lowest BCUT2D eigenvalue weighted by Crippen LogP contribution is -2.55. The van der Waals surface area contributed by atoms with Gasteiger partial charge in [-0.15, -0.1) is 0 Å². The van der Waals surface area contributed by atoms with Crippen LogP contribution in [0.25, 0.3) is 5.57 Å². The highest BCUT2D eigenvalue weighted by Crippen LogP contribution is 2.37. The van der Waals surface area contributed by atoms with E-state index in [2.05, 4.69) is 25.2 Å². The van der Waals surface area contributed by atoms with Crippen LogP contribution in [0.1, 0.15) is 40.9 Å². The van der Waals surface area contributed by atoms with Gasteiger partial charge in [-0.25, -0.2) is 14.4 Å². The lowest BCUT2D eigenvalue weighted by molar-refractivity contribution is -0.138. The zero-order chi connectivity index (χ0) is 31.1. The Labute approximate surface area is 244 Å². The largest absolute Gasteiger partial charge is 0.417 e.